The highest BCUT2D eigenvalue weighted by atomic mass is 32.2. The molecule has 0 aliphatic heterocycles. The second-order valence-electron chi connectivity index (χ2n) is 5.35. The minimum Gasteiger partial charge on any atom is -0.497 e. The average molecular weight is 341 g/mol. The molecule has 0 bridgehead atoms. The van der Waals surface area contributed by atoms with E-state index in [9.17, 15) is 10.1 Å². The van der Waals surface area contributed by atoms with E-state index in [-0.39, 0.29) is 5.91 Å². The molecule has 1 aromatic heterocycles. The Hall–Kier alpha value is -2.52. The lowest BCUT2D eigenvalue weighted by molar-refractivity contribution is -0.115. The molecular formula is C18H19N3O2S. The van der Waals surface area contributed by atoms with Gasteiger partial charge < -0.3 is 10.1 Å². The first kappa shape index (κ1) is 17.8. The molecule has 2 rings (SSSR count). The summed E-state index contributed by atoms with van der Waals surface area (Å²) in [5.74, 6) is 0.522. The van der Waals surface area contributed by atoms with Crippen molar-refractivity contribution in [2.75, 3.05) is 12.4 Å². The molecule has 24 heavy (non-hydrogen) atoms. The number of nitrogens with zero attached hydrogens (tertiary/aromatic N) is 2. The van der Waals surface area contributed by atoms with Gasteiger partial charge in [0.15, 0.2) is 0 Å². The maximum absolute atomic E-state index is 12.4. The molecule has 1 N–H and O–H groups in total. The van der Waals surface area contributed by atoms with Gasteiger partial charge in [0.25, 0.3) is 0 Å². The third-order valence-corrected chi connectivity index (χ3v) is 4.50. The molecule has 1 amide bonds. The highest BCUT2D eigenvalue weighted by molar-refractivity contribution is 8.00. The molecule has 2 aromatic rings. The molecule has 124 valence electrons. The zero-order valence-electron chi connectivity index (χ0n) is 14.1. The van der Waals surface area contributed by atoms with Crippen LogP contribution in [0.3, 0.4) is 0 Å². The molecule has 0 aliphatic carbocycles. The van der Waals surface area contributed by atoms with E-state index in [0.29, 0.717) is 22.0 Å². The molecule has 0 unspecified atom stereocenters. The predicted molar refractivity (Wildman–Crippen MR) is 95.4 cm³/mol. The van der Waals surface area contributed by atoms with E-state index < -0.39 is 5.25 Å². The van der Waals surface area contributed by atoms with Gasteiger partial charge >= 0.3 is 0 Å². The molecule has 1 atom stereocenters. The van der Waals surface area contributed by atoms with Gasteiger partial charge in [-0.05, 0) is 44.5 Å². The molecule has 0 radical (unpaired) electrons. The molecule has 1 aromatic carbocycles. The molecule has 0 spiro atoms. The number of rotatable bonds is 5. The van der Waals surface area contributed by atoms with Crippen molar-refractivity contribution in [3.63, 3.8) is 0 Å². The van der Waals surface area contributed by atoms with Crippen LogP contribution in [0.1, 0.15) is 23.7 Å². The number of carbonyl (C=O) groups excluding carboxylic acids is 1. The van der Waals surface area contributed by atoms with Crippen LogP contribution >= 0.6 is 11.8 Å². The number of anilines is 1. The minimum absolute atomic E-state index is 0.155. The van der Waals surface area contributed by atoms with Gasteiger partial charge in [0.05, 0.1) is 17.9 Å². The van der Waals surface area contributed by atoms with Crippen molar-refractivity contribution in [3.8, 4) is 11.8 Å². The predicted octanol–water partition coefficient (Wildman–Crippen LogP) is 3.70. The number of amides is 1. The molecule has 1 heterocycles. The Morgan fingerprint density at radius 3 is 2.79 bits per heavy atom. The molecule has 0 aliphatic rings. The van der Waals surface area contributed by atoms with Gasteiger partial charge in [0.2, 0.25) is 5.91 Å². The average Bonchev–Trinajstić information content (AvgIpc) is 2.54. The summed E-state index contributed by atoms with van der Waals surface area (Å²) < 4.78 is 5.15. The maximum Gasteiger partial charge on any atom is 0.237 e. The van der Waals surface area contributed by atoms with E-state index in [0.717, 1.165) is 11.3 Å². The van der Waals surface area contributed by atoms with Gasteiger partial charge in [-0.1, -0.05) is 17.8 Å². The number of methoxy groups -OCH3 is 1. The lowest BCUT2D eigenvalue weighted by atomic mass is 10.1. The first-order chi connectivity index (χ1) is 11.4. The Morgan fingerprint density at radius 2 is 2.12 bits per heavy atom. The smallest absolute Gasteiger partial charge is 0.237 e. The standard InChI is InChI=1S/C18H19N3O2S/c1-11-8-12(2)20-18(16(11)10-19)24-13(3)17(22)21-14-6-5-7-15(9-14)23-4/h5-9,13H,1-4H3,(H,21,22)/t13-/m1/s1. The van der Waals surface area contributed by atoms with Crippen LogP contribution in [-0.2, 0) is 4.79 Å². The second kappa shape index (κ2) is 7.84. The fraction of sp³-hybridized carbons (Fsp3) is 0.278. The van der Waals surface area contributed by atoms with E-state index in [1.807, 2.05) is 32.0 Å². The SMILES string of the molecule is COc1cccc(NC(=O)[C@@H](C)Sc2nc(C)cc(C)c2C#N)c1. The van der Waals surface area contributed by atoms with Crippen molar-refractivity contribution in [2.24, 2.45) is 0 Å². The Labute approximate surface area is 146 Å². The van der Waals surface area contributed by atoms with Crippen LogP contribution in [0.2, 0.25) is 0 Å². The Balaban J connectivity index is 2.13. The molecule has 0 saturated heterocycles. The van der Waals surface area contributed by atoms with E-state index >= 15 is 0 Å². The summed E-state index contributed by atoms with van der Waals surface area (Å²) >= 11 is 1.28. The lowest BCUT2D eigenvalue weighted by Crippen LogP contribution is -2.22. The number of nitriles is 1. The summed E-state index contributed by atoms with van der Waals surface area (Å²) in [5.41, 5.74) is 2.88. The molecule has 0 fully saturated rings. The summed E-state index contributed by atoms with van der Waals surface area (Å²) in [6, 6.07) is 11.2. The third kappa shape index (κ3) is 4.27. The van der Waals surface area contributed by atoms with Gasteiger partial charge in [-0.2, -0.15) is 5.26 Å². The van der Waals surface area contributed by atoms with Crippen LogP contribution in [0.4, 0.5) is 5.69 Å². The van der Waals surface area contributed by atoms with Crippen LogP contribution in [0.15, 0.2) is 35.4 Å². The number of hydrogen-bond donors (Lipinski definition) is 1. The zero-order valence-corrected chi connectivity index (χ0v) is 14.9. The van der Waals surface area contributed by atoms with Gasteiger partial charge in [-0.3, -0.25) is 4.79 Å². The lowest BCUT2D eigenvalue weighted by Gasteiger charge is -2.14. The zero-order chi connectivity index (χ0) is 17.7. The highest BCUT2D eigenvalue weighted by Crippen LogP contribution is 2.28. The number of pyridine rings is 1. The van der Waals surface area contributed by atoms with E-state index in [4.69, 9.17) is 4.74 Å². The van der Waals surface area contributed by atoms with Crippen LogP contribution in [0.5, 0.6) is 5.75 Å². The number of benzene rings is 1. The van der Waals surface area contributed by atoms with Crippen LogP contribution in [0, 0.1) is 25.2 Å². The van der Waals surface area contributed by atoms with Crippen molar-refractivity contribution in [3.05, 3.63) is 47.2 Å². The number of carbonyl (C=O) groups is 1. The van der Waals surface area contributed by atoms with Crippen LogP contribution in [0.25, 0.3) is 0 Å². The summed E-state index contributed by atoms with van der Waals surface area (Å²) in [4.78, 5) is 16.8. The maximum atomic E-state index is 12.4. The fourth-order valence-corrected chi connectivity index (χ4v) is 3.21. The topological polar surface area (TPSA) is 75.0 Å². The van der Waals surface area contributed by atoms with Gasteiger partial charge in [0, 0.05) is 17.4 Å². The van der Waals surface area contributed by atoms with Gasteiger partial charge in [-0.15, -0.1) is 0 Å². The molecule has 6 heteroatoms. The minimum atomic E-state index is -0.392. The second-order valence-corrected chi connectivity index (χ2v) is 6.68. The summed E-state index contributed by atoms with van der Waals surface area (Å²) in [5, 5.41) is 12.4. The summed E-state index contributed by atoms with van der Waals surface area (Å²) in [6.45, 7) is 5.54. The number of aromatic nitrogens is 1. The van der Waals surface area contributed by atoms with E-state index in [1.165, 1.54) is 11.8 Å². The Morgan fingerprint density at radius 1 is 1.38 bits per heavy atom. The normalized spacial score (nSPS) is 11.5. The number of ether oxygens (including phenoxy) is 1. The van der Waals surface area contributed by atoms with Crippen molar-refractivity contribution in [1.82, 2.24) is 4.98 Å². The van der Waals surface area contributed by atoms with Crippen molar-refractivity contribution >= 4 is 23.4 Å². The van der Waals surface area contributed by atoms with Crippen molar-refractivity contribution in [2.45, 2.75) is 31.0 Å². The molecular weight excluding hydrogens is 322 g/mol. The number of aryl methyl sites for hydroxylation is 2. The van der Waals surface area contributed by atoms with Crippen molar-refractivity contribution < 1.29 is 9.53 Å². The Kier molecular flexibility index (Phi) is 5.83. The number of nitrogens with one attached hydrogen (secondary N) is 1. The molecule has 0 saturated carbocycles. The first-order valence-electron chi connectivity index (χ1n) is 7.44. The quantitative estimate of drug-likeness (QED) is 0.839. The Bertz CT molecular complexity index is 799. The van der Waals surface area contributed by atoms with E-state index in [2.05, 4.69) is 16.4 Å². The first-order valence-corrected chi connectivity index (χ1v) is 8.32. The summed E-state index contributed by atoms with van der Waals surface area (Å²) in [6.07, 6.45) is 0. The highest BCUT2D eigenvalue weighted by Gasteiger charge is 2.19. The summed E-state index contributed by atoms with van der Waals surface area (Å²) in [7, 11) is 1.58. The largest absolute Gasteiger partial charge is 0.497 e. The fourth-order valence-electron chi connectivity index (χ4n) is 2.19. The van der Waals surface area contributed by atoms with Gasteiger partial charge in [-0.25, -0.2) is 4.98 Å². The monoisotopic (exact) mass is 341 g/mol. The van der Waals surface area contributed by atoms with E-state index in [1.54, 1.807) is 26.2 Å². The number of hydrogen-bond acceptors (Lipinski definition) is 5. The molecule has 5 nitrogen and oxygen atoms in total. The van der Waals surface area contributed by atoms with Crippen LogP contribution < -0.4 is 10.1 Å². The van der Waals surface area contributed by atoms with Crippen molar-refractivity contribution in [1.29, 1.82) is 5.26 Å². The number of thioether (sulfide) groups is 1. The third-order valence-electron chi connectivity index (χ3n) is 3.42. The van der Waals surface area contributed by atoms with Crippen LogP contribution in [-0.4, -0.2) is 23.3 Å². The van der Waals surface area contributed by atoms with Gasteiger partial charge in [0.1, 0.15) is 16.8 Å².